The standard InChI is InChI=1S/C16H25N3O2/c1-18(2)8-9-19(13-15-6-4-10-21-15)16(20)11-14-5-3-7-17-12-14/h3,5,7,12,15H,4,6,8-11,13H2,1-2H3/t15-/m0/s1. The van der Waals surface area contributed by atoms with E-state index in [1.165, 1.54) is 0 Å². The molecule has 1 aromatic rings. The van der Waals surface area contributed by atoms with Crippen molar-refractivity contribution in [1.82, 2.24) is 14.8 Å². The number of rotatable bonds is 7. The third-order valence-electron chi connectivity index (χ3n) is 3.70. The van der Waals surface area contributed by atoms with Gasteiger partial charge in [0.1, 0.15) is 0 Å². The molecule has 0 bridgehead atoms. The molecule has 2 heterocycles. The molecule has 0 unspecified atom stereocenters. The van der Waals surface area contributed by atoms with Crippen LogP contribution in [0.5, 0.6) is 0 Å². The maximum Gasteiger partial charge on any atom is 0.227 e. The molecule has 0 aromatic carbocycles. The Morgan fingerprint density at radius 1 is 1.43 bits per heavy atom. The van der Waals surface area contributed by atoms with Crippen LogP contribution >= 0.6 is 0 Å². The van der Waals surface area contributed by atoms with Gasteiger partial charge in [0.05, 0.1) is 12.5 Å². The molecule has 0 spiro atoms. The highest BCUT2D eigenvalue weighted by molar-refractivity contribution is 5.78. The van der Waals surface area contributed by atoms with Crippen LogP contribution in [0.1, 0.15) is 18.4 Å². The quantitative estimate of drug-likeness (QED) is 0.757. The fourth-order valence-electron chi connectivity index (χ4n) is 2.46. The number of aromatic nitrogens is 1. The minimum atomic E-state index is 0.153. The van der Waals surface area contributed by atoms with E-state index in [0.29, 0.717) is 13.0 Å². The van der Waals surface area contributed by atoms with Crippen LogP contribution in [-0.4, -0.2) is 67.1 Å². The molecule has 0 N–H and O–H groups in total. The number of hydrogen-bond acceptors (Lipinski definition) is 4. The molecule has 5 nitrogen and oxygen atoms in total. The first-order valence-electron chi connectivity index (χ1n) is 7.58. The minimum Gasteiger partial charge on any atom is -0.376 e. The normalized spacial score (nSPS) is 18.1. The second-order valence-electron chi connectivity index (χ2n) is 5.82. The van der Waals surface area contributed by atoms with Crippen LogP contribution in [-0.2, 0) is 16.0 Å². The molecule has 1 amide bonds. The Bertz CT molecular complexity index is 430. The lowest BCUT2D eigenvalue weighted by Gasteiger charge is -2.27. The Hall–Kier alpha value is -1.46. The van der Waals surface area contributed by atoms with Crippen molar-refractivity contribution in [3.05, 3.63) is 30.1 Å². The molecule has 2 rings (SSSR count). The van der Waals surface area contributed by atoms with E-state index in [0.717, 1.165) is 38.1 Å². The summed E-state index contributed by atoms with van der Waals surface area (Å²) in [4.78, 5) is 20.6. The topological polar surface area (TPSA) is 45.7 Å². The third kappa shape index (κ3) is 5.44. The molecule has 0 saturated carbocycles. The van der Waals surface area contributed by atoms with Crippen LogP contribution < -0.4 is 0 Å². The number of carbonyl (C=O) groups excluding carboxylic acids is 1. The molecule has 1 aliphatic heterocycles. The first kappa shape index (κ1) is 15.9. The molecule has 5 heteroatoms. The van der Waals surface area contributed by atoms with E-state index in [1.807, 2.05) is 31.1 Å². The van der Waals surface area contributed by atoms with E-state index in [1.54, 1.807) is 12.4 Å². The van der Waals surface area contributed by atoms with Gasteiger partial charge in [0.25, 0.3) is 0 Å². The van der Waals surface area contributed by atoms with Gasteiger partial charge in [0.2, 0.25) is 5.91 Å². The number of pyridine rings is 1. The summed E-state index contributed by atoms with van der Waals surface area (Å²) in [6.07, 6.45) is 6.25. The number of amides is 1. The second kappa shape index (κ2) is 8.10. The molecule has 21 heavy (non-hydrogen) atoms. The van der Waals surface area contributed by atoms with Crippen LogP contribution in [0.4, 0.5) is 0 Å². The summed E-state index contributed by atoms with van der Waals surface area (Å²) >= 11 is 0. The summed E-state index contributed by atoms with van der Waals surface area (Å²) < 4.78 is 5.67. The fraction of sp³-hybridized carbons (Fsp3) is 0.625. The molecule has 1 atom stereocenters. The molecule has 1 saturated heterocycles. The predicted octanol–water partition coefficient (Wildman–Crippen LogP) is 1.19. The van der Waals surface area contributed by atoms with Gasteiger partial charge in [-0.25, -0.2) is 0 Å². The fourth-order valence-corrected chi connectivity index (χ4v) is 2.46. The monoisotopic (exact) mass is 291 g/mol. The smallest absolute Gasteiger partial charge is 0.227 e. The Morgan fingerprint density at radius 3 is 2.90 bits per heavy atom. The molecule has 0 radical (unpaired) electrons. The highest BCUT2D eigenvalue weighted by Gasteiger charge is 2.22. The van der Waals surface area contributed by atoms with Gasteiger partial charge in [-0.2, -0.15) is 0 Å². The molecule has 116 valence electrons. The molecule has 1 aliphatic rings. The van der Waals surface area contributed by atoms with E-state index in [2.05, 4.69) is 9.88 Å². The number of likely N-dealkylation sites (N-methyl/N-ethyl adjacent to an activating group) is 1. The van der Waals surface area contributed by atoms with Crippen LogP contribution in [0, 0.1) is 0 Å². The number of nitrogens with zero attached hydrogens (tertiary/aromatic N) is 3. The zero-order valence-corrected chi connectivity index (χ0v) is 13.0. The lowest BCUT2D eigenvalue weighted by Crippen LogP contribution is -2.42. The summed E-state index contributed by atoms with van der Waals surface area (Å²) in [5.74, 6) is 0.153. The lowest BCUT2D eigenvalue weighted by atomic mass is 10.1. The van der Waals surface area contributed by atoms with Gasteiger partial charge in [0.15, 0.2) is 0 Å². The third-order valence-corrected chi connectivity index (χ3v) is 3.70. The van der Waals surface area contributed by atoms with Crippen molar-refractivity contribution in [2.75, 3.05) is 40.3 Å². The zero-order chi connectivity index (χ0) is 15.1. The summed E-state index contributed by atoms with van der Waals surface area (Å²) in [5, 5.41) is 0. The largest absolute Gasteiger partial charge is 0.376 e. The van der Waals surface area contributed by atoms with Crippen LogP contribution in [0.2, 0.25) is 0 Å². The SMILES string of the molecule is CN(C)CCN(C[C@@H]1CCCO1)C(=O)Cc1cccnc1. The first-order valence-corrected chi connectivity index (χ1v) is 7.58. The Kier molecular flexibility index (Phi) is 6.14. The number of hydrogen-bond donors (Lipinski definition) is 0. The maximum atomic E-state index is 12.5. The summed E-state index contributed by atoms with van der Waals surface area (Å²) in [7, 11) is 4.05. The van der Waals surface area contributed by atoms with Gasteiger partial charge in [-0.15, -0.1) is 0 Å². The zero-order valence-electron chi connectivity index (χ0n) is 13.0. The summed E-state index contributed by atoms with van der Waals surface area (Å²) in [5.41, 5.74) is 0.963. The average molecular weight is 291 g/mol. The van der Waals surface area contributed by atoms with E-state index in [9.17, 15) is 4.79 Å². The predicted molar refractivity (Wildman–Crippen MR) is 82.0 cm³/mol. The number of carbonyl (C=O) groups is 1. The van der Waals surface area contributed by atoms with Crippen molar-refractivity contribution in [3.8, 4) is 0 Å². The van der Waals surface area contributed by atoms with E-state index < -0.39 is 0 Å². The Morgan fingerprint density at radius 2 is 2.29 bits per heavy atom. The van der Waals surface area contributed by atoms with Crippen molar-refractivity contribution >= 4 is 5.91 Å². The van der Waals surface area contributed by atoms with Crippen molar-refractivity contribution in [2.24, 2.45) is 0 Å². The average Bonchev–Trinajstić information content (AvgIpc) is 2.97. The van der Waals surface area contributed by atoms with Crippen LogP contribution in [0.15, 0.2) is 24.5 Å². The van der Waals surface area contributed by atoms with Gasteiger partial charge >= 0.3 is 0 Å². The molecular weight excluding hydrogens is 266 g/mol. The first-order chi connectivity index (χ1) is 10.1. The van der Waals surface area contributed by atoms with Crippen LogP contribution in [0.25, 0.3) is 0 Å². The Labute approximate surface area is 126 Å². The number of ether oxygens (including phenoxy) is 1. The van der Waals surface area contributed by atoms with Crippen molar-refractivity contribution in [1.29, 1.82) is 0 Å². The molecule has 0 aliphatic carbocycles. The van der Waals surface area contributed by atoms with Crippen molar-refractivity contribution in [3.63, 3.8) is 0 Å². The summed E-state index contributed by atoms with van der Waals surface area (Å²) in [6, 6.07) is 3.81. The van der Waals surface area contributed by atoms with Gasteiger partial charge in [0, 0.05) is 38.6 Å². The van der Waals surface area contributed by atoms with E-state index >= 15 is 0 Å². The van der Waals surface area contributed by atoms with Crippen molar-refractivity contribution in [2.45, 2.75) is 25.4 Å². The second-order valence-corrected chi connectivity index (χ2v) is 5.82. The molecule has 1 fully saturated rings. The highest BCUT2D eigenvalue weighted by Crippen LogP contribution is 2.14. The minimum absolute atomic E-state index is 0.153. The van der Waals surface area contributed by atoms with Gasteiger partial charge in [-0.3, -0.25) is 9.78 Å². The highest BCUT2D eigenvalue weighted by atomic mass is 16.5. The van der Waals surface area contributed by atoms with E-state index in [-0.39, 0.29) is 12.0 Å². The van der Waals surface area contributed by atoms with Crippen molar-refractivity contribution < 1.29 is 9.53 Å². The van der Waals surface area contributed by atoms with Gasteiger partial charge in [-0.05, 0) is 38.6 Å². The van der Waals surface area contributed by atoms with Crippen LogP contribution in [0.3, 0.4) is 0 Å². The lowest BCUT2D eigenvalue weighted by molar-refractivity contribution is -0.132. The molecule has 1 aromatic heterocycles. The molecular formula is C16H25N3O2. The maximum absolute atomic E-state index is 12.5. The van der Waals surface area contributed by atoms with Gasteiger partial charge in [-0.1, -0.05) is 6.07 Å². The Balaban J connectivity index is 1.93. The summed E-state index contributed by atoms with van der Waals surface area (Å²) in [6.45, 7) is 3.13. The van der Waals surface area contributed by atoms with E-state index in [4.69, 9.17) is 4.74 Å². The van der Waals surface area contributed by atoms with Gasteiger partial charge < -0.3 is 14.5 Å².